The number of carbonyl (C=O) groups is 2. The molecule has 3 aromatic carbocycles. The van der Waals surface area contributed by atoms with Crippen LogP contribution in [0.1, 0.15) is 20.3 Å². The topological polar surface area (TPSA) is 43.4 Å². The molecule has 0 unspecified atom stereocenters. The van der Waals surface area contributed by atoms with Gasteiger partial charge in [0.05, 0.1) is 6.61 Å². The summed E-state index contributed by atoms with van der Waals surface area (Å²) in [6, 6.07) is 29.6. The lowest BCUT2D eigenvalue weighted by Gasteiger charge is -2.31. The molecule has 0 radical (unpaired) electrons. The number of hydrogen-bond acceptors (Lipinski definition) is 3. The van der Waals surface area contributed by atoms with Crippen LogP contribution in [-0.4, -0.2) is 23.7 Å². The summed E-state index contributed by atoms with van der Waals surface area (Å²) < 4.78 is 5.43. The summed E-state index contributed by atoms with van der Waals surface area (Å²) in [7, 11) is 0. The smallest absolute Gasteiger partial charge is 0.342 e. The van der Waals surface area contributed by atoms with E-state index < -0.39 is 12.9 Å². The van der Waals surface area contributed by atoms with Crippen molar-refractivity contribution in [3.63, 3.8) is 0 Å². The van der Waals surface area contributed by atoms with E-state index in [1.165, 1.54) is 0 Å². The molecule has 0 N–H and O–H groups in total. The van der Waals surface area contributed by atoms with Crippen molar-refractivity contribution in [2.45, 2.75) is 20.3 Å². The van der Waals surface area contributed by atoms with Crippen molar-refractivity contribution in [3.8, 4) is 0 Å². The molecule has 0 aliphatic carbocycles. The molecule has 0 saturated heterocycles. The summed E-state index contributed by atoms with van der Waals surface area (Å²) in [5.41, 5.74) is 0. The molecule has 0 atom stereocenters. The minimum absolute atomic E-state index is 0.173. The van der Waals surface area contributed by atoms with E-state index in [9.17, 15) is 9.59 Å². The zero-order valence-electron chi connectivity index (χ0n) is 16.7. The summed E-state index contributed by atoms with van der Waals surface area (Å²) in [6.07, 6.45) is 0.238. The number of ketones is 1. The second-order valence-electron chi connectivity index (χ2n) is 6.52. The van der Waals surface area contributed by atoms with Gasteiger partial charge in [0.25, 0.3) is 0 Å². The van der Waals surface area contributed by atoms with Gasteiger partial charge >= 0.3 is 5.97 Å². The Morgan fingerprint density at radius 1 is 0.690 bits per heavy atom. The third-order valence-electron chi connectivity index (χ3n) is 4.82. The number of esters is 1. The van der Waals surface area contributed by atoms with Crippen LogP contribution in [0, 0.1) is 0 Å². The number of carbonyl (C=O) groups excluding carboxylic acids is 2. The predicted octanol–water partition coefficient (Wildman–Crippen LogP) is 3.70. The fourth-order valence-corrected chi connectivity index (χ4v) is 7.99. The summed E-state index contributed by atoms with van der Waals surface area (Å²) in [4.78, 5) is 26.5. The van der Waals surface area contributed by atoms with Gasteiger partial charge in [0, 0.05) is 6.42 Å². The van der Waals surface area contributed by atoms with Crippen LogP contribution in [0.3, 0.4) is 0 Å². The van der Waals surface area contributed by atoms with Crippen molar-refractivity contribution >= 4 is 39.8 Å². The third kappa shape index (κ3) is 3.97. The van der Waals surface area contributed by atoms with Gasteiger partial charge in [0.2, 0.25) is 0 Å². The van der Waals surface area contributed by atoms with Crippen molar-refractivity contribution in [1.29, 1.82) is 0 Å². The van der Waals surface area contributed by atoms with E-state index in [-0.39, 0.29) is 24.1 Å². The van der Waals surface area contributed by atoms with Crippen molar-refractivity contribution in [2.24, 2.45) is 0 Å². The summed E-state index contributed by atoms with van der Waals surface area (Å²) in [6.45, 7) is 1.04. The highest BCUT2D eigenvalue weighted by atomic mass is 31.2. The maximum Gasteiger partial charge on any atom is 0.342 e. The molecular formula is C25H25O3P. The Balaban J connectivity index is 2.61. The number of benzene rings is 3. The Bertz CT molecular complexity index is 922. The zero-order valence-corrected chi connectivity index (χ0v) is 17.6. The first-order valence-electron chi connectivity index (χ1n) is 9.80. The molecule has 0 fully saturated rings. The number of hydrogen-bond donors (Lipinski definition) is 0. The fraction of sp³-hybridized carbons (Fsp3) is 0.160. The van der Waals surface area contributed by atoms with Crippen LogP contribution in [0.15, 0.2) is 91.0 Å². The largest absolute Gasteiger partial charge is 0.462 e. The second kappa shape index (κ2) is 9.54. The van der Waals surface area contributed by atoms with Gasteiger partial charge in [-0.05, 0) is 29.7 Å². The molecule has 29 heavy (non-hydrogen) atoms. The normalized spacial score (nSPS) is 11.0. The van der Waals surface area contributed by atoms with Crippen LogP contribution < -0.4 is 15.9 Å². The zero-order chi connectivity index (χ0) is 20.7. The molecule has 4 heteroatoms. The Labute approximate surface area is 172 Å². The van der Waals surface area contributed by atoms with Crippen LogP contribution >= 0.6 is 6.89 Å². The van der Waals surface area contributed by atoms with E-state index >= 15 is 0 Å². The van der Waals surface area contributed by atoms with E-state index in [2.05, 4.69) is 0 Å². The van der Waals surface area contributed by atoms with Gasteiger partial charge in [-0.15, -0.1) is 0 Å². The minimum Gasteiger partial charge on any atom is -0.462 e. The third-order valence-corrected chi connectivity index (χ3v) is 9.14. The number of Topliss-reactive ketones (excluding diaryl/α,β-unsaturated/α-hetero) is 1. The van der Waals surface area contributed by atoms with Crippen molar-refractivity contribution in [2.75, 3.05) is 6.61 Å². The van der Waals surface area contributed by atoms with Crippen LogP contribution in [0.4, 0.5) is 0 Å². The Kier molecular flexibility index (Phi) is 6.85. The molecule has 3 rings (SSSR count). The lowest BCUT2D eigenvalue weighted by atomic mass is 10.2. The Morgan fingerprint density at radius 2 is 1.07 bits per heavy atom. The van der Waals surface area contributed by atoms with Gasteiger partial charge < -0.3 is 4.74 Å². The monoisotopic (exact) mass is 404 g/mol. The lowest BCUT2D eigenvalue weighted by molar-refractivity contribution is -0.135. The molecule has 0 bridgehead atoms. The molecule has 148 valence electrons. The van der Waals surface area contributed by atoms with Crippen molar-refractivity contribution < 1.29 is 14.3 Å². The first kappa shape index (κ1) is 20.8. The first-order valence-corrected chi connectivity index (χ1v) is 11.6. The highest BCUT2D eigenvalue weighted by molar-refractivity contribution is 7.97. The number of ether oxygens (including phenoxy) is 1. The molecule has 0 aliphatic rings. The van der Waals surface area contributed by atoms with Gasteiger partial charge in [-0.25, -0.2) is 4.79 Å². The van der Waals surface area contributed by atoms with Crippen molar-refractivity contribution in [3.05, 3.63) is 91.0 Å². The second-order valence-corrected chi connectivity index (χ2v) is 9.86. The highest BCUT2D eigenvalue weighted by Gasteiger charge is 2.36. The van der Waals surface area contributed by atoms with E-state index in [4.69, 9.17) is 4.74 Å². The first-order chi connectivity index (χ1) is 14.2. The molecule has 0 aliphatic heterocycles. The van der Waals surface area contributed by atoms with Crippen LogP contribution in [0.25, 0.3) is 0 Å². The molecular weight excluding hydrogens is 379 g/mol. The minimum atomic E-state index is -2.73. The van der Waals surface area contributed by atoms with Crippen LogP contribution in [-0.2, 0) is 14.3 Å². The molecule has 0 amide bonds. The maximum atomic E-state index is 13.3. The van der Waals surface area contributed by atoms with Gasteiger partial charge in [0.15, 0.2) is 5.78 Å². The van der Waals surface area contributed by atoms with Gasteiger partial charge in [-0.1, -0.05) is 97.9 Å². The molecule has 3 nitrogen and oxygen atoms in total. The van der Waals surface area contributed by atoms with Crippen LogP contribution in [0.5, 0.6) is 0 Å². The summed E-state index contributed by atoms with van der Waals surface area (Å²) in [5.74, 6) is -0.697. The molecule has 0 heterocycles. The molecule has 0 spiro atoms. The van der Waals surface area contributed by atoms with E-state index in [0.29, 0.717) is 0 Å². The van der Waals surface area contributed by atoms with E-state index in [1.807, 2.05) is 91.0 Å². The predicted molar refractivity (Wildman–Crippen MR) is 122 cm³/mol. The van der Waals surface area contributed by atoms with Gasteiger partial charge in [-0.2, -0.15) is 0 Å². The standard InChI is InChI=1S/C25H25O3P/c1-3-23(26)24(25(27)28-4-2)29(20-14-8-5-9-15-20,21-16-10-6-11-17-21)22-18-12-7-13-19-22/h5-19H,3-4H2,1-2H3. The highest BCUT2D eigenvalue weighted by Crippen LogP contribution is 2.46. The summed E-state index contributed by atoms with van der Waals surface area (Å²) in [5, 5.41) is 3.14. The lowest BCUT2D eigenvalue weighted by Crippen LogP contribution is -2.38. The average molecular weight is 404 g/mol. The number of rotatable bonds is 7. The summed E-state index contributed by atoms with van der Waals surface area (Å²) >= 11 is 0. The van der Waals surface area contributed by atoms with Gasteiger partial charge in [0.1, 0.15) is 5.29 Å². The molecule has 3 aromatic rings. The Morgan fingerprint density at radius 3 is 1.38 bits per heavy atom. The van der Waals surface area contributed by atoms with Crippen LogP contribution in [0.2, 0.25) is 0 Å². The Hall–Kier alpha value is -2.90. The molecule has 0 saturated carbocycles. The van der Waals surface area contributed by atoms with Gasteiger partial charge in [-0.3, -0.25) is 4.79 Å². The average Bonchev–Trinajstić information content (AvgIpc) is 2.79. The SMILES string of the molecule is CCOC(=O)C(C(=O)CC)=P(c1ccccc1)(c1ccccc1)c1ccccc1. The van der Waals surface area contributed by atoms with E-state index in [1.54, 1.807) is 13.8 Å². The maximum absolute atomic E-state index is 13.3. The quantitative estimate of drug-likeness (QED) is 0.343. The fourth-order valence-electron chi connectivity index (χ4n) is 3.59. The molecule has 0 aromatic heterocycles. The van der Waals surface area contributed by atoms with Crippen molar-refractivity contribution in [1.82, 2.24) is 0 Å². The van der Waals surface area contributed by atoms with E-state index in [0.717, 1.165) is 15.9 Å².